The number of halogens is 1. The number of aliphatic hydroxyl groups excluding tert-OH is 1. The first-order chi connectivity index (χ1) is 18.3. The van der Waals surface area contributed by atoms with Gasteiger partial charge in [0, 0.05) is 23.7 Å². The molecule has 200 valence electrons. The predicted octanol–water partition coefficient (Wildman–Crippen LogP) is 3.37. The third-order valence-electron chi connectivity index (χ3n) is 6.87. The van der Waals surface area contributed by atoms with Crippen LogP contribution in [0.3, 0.4) is 0 Å². The number of nitrogens with one attached hydrogen (secondary N) is 2. The molecule has 38 heavy (non-hydrogen) atoms. The summed E-state index contributed by atoms with van der Waals surface area (Å²) in [5, 5.41) is 12.9. The summed E-state index contributed by atoms with van der Waals surface area (Å²) in [4.78, 5) is 12.6. The fourth-order valence-electron chi connectivity index (χ4n) is 5.05. The van der Waals surface area contributed by atoms with Crippen molar-refractivity contribution in [2.75, 3.05) is 17.9 Å². The van der Waals surface area contributed by atoms with Crippen LogP contribution in [0, 0.1) is 5.82 Å². The number of sulfonamides is 1. The van der Waals surface area contributed by atoms with Gasteiger partial charge in [0.05, 0.1) is 24.0 Å². The molecule has 0 aliphatic carbocycles. The van der Waals surface area contributed by atoms with Crippen molar-refractivity contribution in [2.45, 2.75) is 48.4 Å². The third kappa shape index (κ3) is 5.82. The van der Waals surface area contributed by atoms with Gasteiger partial charge in [-0.15, -0.1) is 0 Å². The molecule has 0 saturated carbocycles. The van der Waals surface area contributed by atoms with E-state index in [0.717, 1.165) is 29.7 Å². The lowest BCUT2D eigenvalue weighted by Gasteiger charge is -2.37. The zero-order chi connectivity index (χ0) is 26.7. The number of amides is 1. The fourth-order valence-corrected chi connectivity index (χ4v) is 6.10. The Morgan fingerprint density at radius 1 is 1.05 bits per heavy atom. The van der Waals surface area contributed by atoms with Crippen molar-refractivity contribution < 1.29 is 32.2 Å². The Balaban J connectivity index is 1.26. The summed E-state index contributed by atoms with van der Waals surface area (Å²) in [6.07, 6.45) is -0.159. The van der Waals surface area contributed by atoms with E-state index in [-0.39, 0.29) is 29.7 Å². The zero-order valence-electron chi connectivity index (χ0n) is 20.5. The van der Waals surface area contributed by atoms with Crippen LogP contribution in [-0.4, -0.2) is 50.9 Å². The van der Waals surface area contributed by atoms with Gasteiger partial charge in [0.1, 0.15) is 23.8 Å². The molecule has 0 radical (unpaired) electrons. The summed E-state index contributed by atoms with van der Waals surface area (Å²) < 4.78 is 53.4. The lowest BCUT2D eigenvalue weighted by molar-refractivity contribution is -0.142. The topological polar surface area (TPSA) is 114 Å². The highest BCUT2D eigenvalue weighted by atomic mass is 32.2. The van der Waals surface area contributed by atoms with Gasteiger partial charge in [0.25, 0.3) is 10.0 Å². The Bertz CT molecular complexity index is 1380. The lowest BCUT2D eigenvalue weighted by Crippen LogP contribution is -2.47. The molecule has 0 unspecified atom stereocenters. The molecule has 8 nitrogen and oxygen atoms in total. The molecule has 3 aromatic carbocycles. The zero-order valence-corrected chi connectivity index (χ0v) is 21.4. The number of anilines is 1. The minimum atomic E-state index is -3.92. The molecule has 4 atom stereocenters. The first-order valence-electron chi connectivity index (χ1n) is 12.5. The number of benzene rings is 3. The van der Waals surface area contributed by atoms with Gasteiger partial charge in [-0.05, 0) is 60.9 Å². The summed E-state index contributed by atoms with van der Waals surface area (Å²) in [5.74, 6) is -0.267. The van der Waals surface area contributed by atoms with Crippen LogP contribution in [-0.2, 0) is 26.0 Å². The van der Waals surface area contributed by atoms with Crippen molar-refractivity contribution in [1.82, 2.24) is 5.32 Å². The van der Waals surface area contributed by atoms with E-state index in [2.05, 4.69) is 10.0 Å². The molecule has 2 aliphatic heterocycles. The van der Waals surface area contributed by atoms with Gasteiger partial charge in [0.15, 0.2) is 0 Å². The molecule has 2 aliphatic rings. The average Bonchev–Trinajstić information content (AvgIpc) is 3.27. The maximum atomic E-state index is 13.2. The van der Waals surface area contributed by atoms with Crippen LogP contribution >= 0.6 is 0 Å². The van der Waals surface area contributed by atoms with Crippen molar-refractivity contribution in [1.29, 1.82) is 0 Å². The second kappa shape index (κ2) is 11.1. The van der Waals surface area contributed by atoms with Gasteiger partial charge in [-0.3, -0.25) is 9.52 Å². The normalized spacial score (nSPS) is 22.2. The molecule has 1 amide bonds. The molecule has 3 aromatic rings. The predicted molar refractivity (Wildman–Crippen MR) is 139 cm³/mol. The number of hydrogen-bond donors (Lipinski definition) is 3. The smallest absolute Gasteiger partial charge is 0.261 e. The van der Waals surface area contributed by atoms with Crippen molar-refractivity contribution in [2.24, 2.45) is 0 Å². The van der Waals surface area contributed by atoms with E-state index < -0.39 is 34.2 Å². The maximum Gasteiger partial charge on any atom is 0.261 e. The van der Waals surface area contributed by atoms with Crippen LogP contribution in [0.1, 0.15) is 29.9 Å². The lowest BCUT2D eigenvalue weighted by atomic mass is 9.84. The van der Waals surface area contributed by atoms with Gasteiger partial charge in [0.2, 0.25) is 5.91 Å². The van der Waals surface area contributed by atoms with Gasteiger partial charge in [-0.2, -0.15) is 0 Å². The standard InChI is InChI=1S/C28H29FN2O6S/c29-19-6-9-22(10-7-19)38(34,35)31-20-8-11-25-23(14-20)24-15-21(36-26(17-32)28(24)37-25)16-27(33)30-13-12-18-4-2-1-3-5-18/h1-11,14,21,24,26,28,31-32H,12-13,15-17H2,(H,30,33)/t21-,24+,26+,28-/m1/s1. The molecule has 0 spiro atoms. The molecule has 1 fully saturated rings. The van der Waals surface area contributed by atoms with E-state index >= 15 is 0 Å². The summed E-state index contributed by atoms with van der Waals surface area (Å²) in [6.45, 7) is 0.236. The van der Waals surface area contributed by atoms with E-state index in [1.807, 2.05) is 30.3 Å². The van der Waals surface area contributed by atoms with E-state index in [9.17, 15) is 22.7 Å². The highest BCUT2D eigenvalue weighted by Gasteiger charge is 2.46. The second-order valence-electron chi connectivity index (χ2n) is 9.51. The number of ether oxygens (including phenoxy) is 2. The number of carbonyl (C=O) groups excluding carboxylic acids is 1. The molecule has 0 bridgehead atoms. The minimum absolute atomic E-state index is 0.0572. The Labute approximate surface area is 220 Å². The Kier molecular flexibility index (Phi) is 7.64. The monoisotopic (exact) mass is 540 g/mol. The molecule has 1 saturated heterocycles. The van der Waals surface area contributed by atoms with Crippen molar-refractivity contribution in [3.63, 3.8) is 0 Å². The number of fused-ring (bicyclic) bond motifs is 3. The van der Waals surface area contributed by atoms with Crippen molar-refractivity contribution in [3.8, 4) is 5.75 Å². The molecule has 2 heterocycles. The first-order valence-corrected chi connectivity index (χ1v) is 14.0. The maximum absolute atomic E-state index is 13.2. The van der Waals surface area contributed by atoms with Crippen LogP contribution in [0.15, 0.2) is 77.7 Å². The van der Waals surface area contributed by atoms with Crippen LogP contribution in [0.5, 0.6) is 5.75 Å². The fraction of sp³-hybridized carbons (Fsp3) is 0.321. The van der Waals surface area contributed by atoms with Crippen LogP contribution in [0.4, 0.5) is 10.1 Å². The van der Waals surface area contributed by atoms with Crippen molar-refractivity contribution >= 4 is 21.6 Å². The SMILES string of the molecule is O=C(C[C@H]1C[C@H]2c3cc(NS(=O)(=O)c4ccc(F)cc4)ccc3O[C@H]2[C@H](CO)O1)NCCc1ccccc1. The Hall–Kier alpha value is -3.47. The number of rotatable bonds is 9. The van der Waals surface area contributed by atoms with Gasteiger partial charge >= 0.3 is 0 Å². The van der Waals surface area contributed by atoms with Crippen LogP contribution in [0.2, 0.25) is 0 Å². The van der Waals surface area contributed by atoms with E-state index in [4.69, 9.17) is 9.47 Å². The summed E-state index contributed by atoms with van der Waals surface area (Å²) >= 11 is 0. The van der Waals surface area contributed by atoms with Gasteiger partial charge < -0.3 is 19.9 Å². The molecule has 10 heteroatoms. The summed E-state index contributed by atoms with van der Waals surface area (Å²) in [7, 11) is -3.92. The number of hydrogen-bond acceptors (Lipinski definition) is 6. The molecule has 0 aromatic heterocycles. The van der Waals surface area contributed by atoms with E-state index in [1.165, 1.54) is 12.1 Å². The van der Waals surface area contributed by atoms with Crippen LogP contribution in [0.25, 0.3) is 0 Å². The van der Waals surface area contributed by atoms with Gasteiger partial charge in [-0.1, -0.05) is 30.3 Å². The average molecular weight is 541 g/mol. The molecular weight excluding hydrogens is 511 g/mol. The minimum Gasteiger partial charge on any atom is -0.487 e. The Morgan fingerprint density at radius 2 is 1.82 bits per heavy atom. The Morgan fingerprint density at radius 3 is 2.55 bits per heavy atom. The molecule has 5 rings (SSSR count). The largest absolute Gasteiger partial charge is 0.487 e. The van der Waals surface area contributed by atoms with E-state index in [0.29, 0.717) is 24.4 Å². The number of aliphatic hydroxyl groups is 1. The summed E-state index contributed by atoms with van der Waals surface area (Å²) in [6, 6.07) is 19.4. The first kappa shape index (κ1) is 26.1. The van der Waals surface area contributed by atoms with E-state index in [1.54, 1.807) is 18.2 Å². The van der Waals surface area contributed by atoms with Gasteiger partial charge in [-0.25, -0.2) is 12.8 Å². The number of carbonyl (C=O) groups is 1. The van der Waals surface area contributed by atoms with Crippen LogP contribution < -0.4 is 14.8 Å². The van der Waals surface area contributed by atoms with Crippen molar-refractivity contribution in [3.05, 3.63) is 89.7 Å². The second-order valence-corrected chi connectivity index (χ2v) is 11.2. The quantitative estimate of drug-likeness (QED) is 0.384. The highest BCUT2D eigenvalue weighted by Crippen LogP contribution is 2.47. The molecular formula is C28H29FN2O6S. The summed E-state index contributed by atoms with van der Waals surface area (Å²) in [5.41, 5.74) is 2.25. The highest BCUT2D eigenvalue weighted by molar-refractivity contribution is 7.92. The molecule has 3 N–H and O–H groups in total. The third-order valence-corrected chi connectivity index (χ3v) is 8.26.